The Balaban J connectivity index is 1.67. The van der Waals surface area contributed by atoms with Crippen molar-refractivity contribution in [2.45, 2.75) is 64.1 Å². The molecule has 1 aliphatic heterocycles. The summed E-state index contributed by atoms with van der Waals surface area (Å²) in [5.41, 5.74) is 8.66. The summed E-state index contributed by atoms with van der Waals surface area (Å²) in [6.45, 7) is 4.18. The number of hydrogen-bond donors (Lipinski definition) is 3. The van der Waals surface area contributed by atoms with Gasteiger partial charge in [-0.2, -0.15) is 0 Å². The predicted molar refractivity (Wildman–Crippen MR) is 153 cm³/mol. The normalized spacial score (nSPS) is 18.6. The van der Waals surface area contributed by atoms with Gasteiger partial charge >= 0.3 is 12.0 Å². The van der Waals surface area contributed by atoms with Gasteiger partial charge in [0.15, 0.2) is 0 Å². The van der Waals surface area contributed by atoms with Gasteiger partial charge in [0, 0.05) is 36.8 Å². The first-order valence-corrected chi connectivity index (χ1v) is 13.7. The lowest BCUT2D eigenvalue weighted by Crippen LogP contribution is -2.31. The monoisotopic (exact) mass is 543 g/mol. The minimum absolute atomic E-state index is 0.00101. The second kappa shape index (κ2) is 11.6. The highest BCUT2D eigenvalue weighted by Crippen LogP contribution is 2.39. The van der Waals surface area contributed by atoms with Crippen LogP contribution in [0, 0.1) is 5.82 Å². The Morgan fingerprint density at radius 3 is 2.62 bits per heavy atom. The minimum atomic E-state index is -0.740. The lowest BCUT2D eigenvalue weighted by atomic mass is 9.86. The highest BCUT2D eigenvalue weighted by molar-refractivity contribution is 5.89. The number of cyclic esters (lactones) is 1. The van der Waals surface area contributed by atoms with Crippen LogP contribution in [0.5, 0.6) is 0 Å². The zero-order chi connectivity index (χ0) is 28.4. The maximum absolute atomic E-state index is 14.0. The summed E-state index contributed by atoms with van der Waals surface area (Å²) < 4.78 is 19.5. The van der Waals surface area contributed by atoms with Crippen LogP contribution in [0.3, 0.4) is 0 Å². The molecule has 2 aromatic carbocycles. The number of urea groups is 1. The van der Waals surface area contributed by atoms with Crippen LogP contribution < -0.4 is 10.6 Å². The molecule has 0 spiro atoms. The molecule has 1 saturated heterocycles. The van der Waals surface area contributed by atoms with Gasteiger partial charge in [-0.3, -0.25) is 9.78 Å². The zero-order valence-electron chi connectivity index (χ0n) is 23.0. The first-order chi connectivity index (χ1) is 19.2. The first-order valence-electron chi connectivity index (χ1n) is 13.7. The second-order valence-corrected chi connectivity index (χ2v) is 10.7. The highest BCUT2D eigenvalue weighted by atomic mass is 19.1. The molecule has 40 heavy (non-hydrogen) atoms. The third-order valence-electron chi connectivity index (χ3n) is 7.49. The molecule has 208 valence electrons. The number of anilines is 1. The van der Waals surface area contributed by atoms with E-state index >= 15 is 0 Å². The fourth-order valence-electron chi connectivity index (χ4n) is 5.54. The van der Waals surface area contributed by atoms with Crippen molar-refractivity contribution in [2.75, 3.05) is 12.4 Å². The zero-order valence-corrected chi connectivity index (χ0v) is 23.0. The Morgan fingerprint density at radius 2 is 1.93 bits per heavy atom. The van der Waals surface area contributed by atoms with E-state index in [-0.39, 0.29) is 24.2 Å². The van der Waals surface area contributed by atoms with Crippen molar-refractivity contribution >= 4 is 23.8 Å². The molecule has 7 nitrogen and oxygen atoms in total. The average molecular weight is 544 g/mol. The highest BCUT2D eigenvalue weighted by Gasteiger charge is 2.27. The van der Waals surface area contributed by atoms with E-state index in [0.717, 1.165) is 52.0 Å². The number of pyridine rings is 1. The van der Waals surface area contributed by atoms with E-state index in [9.17, 15) is 19.1 Å². The summed E-state index contributed by atoms with van der Waals surface area (Å²) in [7, 11) is 1.58. The maximum atomic E-state index is 14.0. The number of benzene rings is 2. The number of aliphatic hydroxyl groups is 1. The molecular weight excluding hydrogens is 509 g/mol. The maximum Gasteiger partial charge on any atom is 0.318 e. The molecule has 3 aromatic rings. The molecule has 8 heteroatoms. The van der Waals surface area contributed by atoms with Crippen LogP contribution in [0.2, 0.25) is 0 Å². The fraction of sp³-hybridized carbons (Fsp3) is 0.344. The molecule has 0 saturated carbocycles. The summed E-state index contributed by atoms with van der Waals surface area (Å²) in [6, 6.07) is 12.2. The van der Waals surface area contributed by atoms with Gasteiger partial charge in [0.25, 0.3) is 0 Å². The molecule has 1 aromatic heterocycles. The molecule has 0 unspecified atom stereocenters. The van der Waals surface area contributed by atoms with Crippen LogP contribution in [0.4, 0.5) is 14.9 Å². The van der Waals surface area contributed by atoms with Crippen LogP contribution in [-0.2, 0) is 28.8 Å². The number of carbonyl (C=O) groups is 2. The average Bonchev–Trinajstić information content (AvgIpc) is 3.10. The number of esters is 1. The van der Waals surface area contributed by atoms with Gasteiger partial charge in [-0.15, -0.1) is 0 Å². The summed E-state index contributed by atoms with van der Waals surface area (Å²) >= 11 is 0. The van der Waals surface area contributed by atoms with E-state index in [1.165, 1.54) is 17.7 Å². The van der Waals surface area contributed by atoms with E-state index < -0.39 is 18.2 Å². The van der Waals surface area contributed by atoms with E-state index in [1.807, 2.05) is 24.3 Å². The van der Waals surface area contributed by atoms with Crippen LogP contribution >= 0.6 is 0 Å². The summed E-state index contributed by atoms with van der Waals surface area (Å²) in [6.07, 6.45) is 4.94. The number of ether oxygens (including phenoxy) is 1. The van der Waals surface area contributed by atoms with Gasteiger partial charge in [0.1, 0.15) is 11.9 Å². The van der Waals surface area contributed by atoms with E-state index in [2.05, 4.69) is 30.5 Å². The number of fused-ring (bicyclic) bond motifs is 2. The second-order valence-electron chi connectivity index (χ2n) is 10.7. The number of aliphatic hydroxyl groups excluding tert-OH is 1. The minimum Gasteiger partial charge on any atom is -0.458 e. The van der Waals surface area contributed by atoms with Crippen LogP contribution in [-0.4, -0.2) is 41.3 Å². The molecule has 0 bridgehead atoms. The Morgan fingerprint density at radius 1 is 1.15 bits per heavy atom. The fourth-order valence-corrected chi connectivity index (χ4v) is 5.54. The lowest BCUT2D eigenvalue weighted by molar-refractivity contribution is -0.156. The van der Waals surface area contributed by atoms with Crippen molar-refractivity contribution in [2.24, 2.45) is 0 Å². The number of amides is 2. The molecular formula is C32H34FN3O4. The number of aryl methyl sites for hydroxylation is 2. The Hall–Kier alpha value is -4.04. The van der Waals surface area contributed by atoms with Gasteiger partial charge in [0.2, 0.25) is 0 Å². The third kappa shape index (κ3) is 5.92. The van der Waals surface area contributed by atoms with Gasteiger partial charge in [-0.25, -0.2) is 9.18 Å². The summed E-state index contributed by atoms with van der Waals surface area (Å²) in [5.74, 6) is -0.643. The van der Waals surface area contributed by atoms with E-state index in [4.69, 9.17) is 9.72 Å². The largest absolute Gasteiger partial charge is 0.458 e. The lowest BCUT2D eigenvalue weighted by Gasteiger charge is -2.24. The topological polar surface area (TPSA) is 101 Å². The molecule has 5 rings (SSSR count). The van der Waals surface area contributed by atoms with Gasteiger partial charge in [-0.1, -0.05) is 38.1 Å². The van der Waals surface area contributed by atoms with Crippen molar-refractivity contribution in [3.63, 3.8) is 0 Å². The molecule has 2 atom stereocenters. The van der Waals surface area contributed by atoms with Crippen molar-refractivity contribution < 1.29 is 23.8 Å². The Bertz CT molecular complexity index is 1470. The van der Waals surface area contributed by atoms with Gasteiger partial charge in [-0.05, 0) is 76.9 Å². The van der Waals surface area contributed by atoms with Crippen LogP contribution in [0.1, 0.15) is 66.2 Å². The van der Waals surface area contributed by atoms with Crippen molar-refractivity contribution in [1.29, 1.82) is 0 Å². The quantitative estimate of drug-likeness (QED) is 0.368. The number of aromatic nitrogens is 1. The standard InChI is InChI=1S/C32H34FN3O4/c1-18(2)31-26(12-11-25-16-24(37)17-29(38)40-25)30(20-4-8-22(33)9-5-20)27-15-21-14-23(35-32(39)34-3)10-6-19(21)7-13-28(27)36-31/h4-6,8-12,14,18,24-25,37H,7,13,15-17H2,1-3H3,(H2,34,35,39)/t24-,25-/m1/s1. The number of nitrogens with one attached hydrogen (secondary N) is 2. The Kier molecular flexibility index (Phi) is 7.98. The van der Waals surface area contributed by atoms with E-state index in [0.29, 0.717) is 18.5 Å². The molecule has 2 heterocycles. The number of nitrogens with zero attached hydrogens (tertiary/aromatic N) is 1. The molecule has 3 N–H and O–H groups in total. The molecule has 0 radical (unpaired) electrons. The third-order valence-corrected chi connectivity index (χ3v) is 7.49. The number of carbonyl (C=O) groups excluding carboxylic acids is 2. The molecule has 1 fully saturated rings. The van der Waals surface area contributed by atoms with Crippen molar-refractivity contribution in [3.05, 3.63) is 88.0 Å². The molecule has 1 aliphatic carbocycles. The number of rotatable bonds is 5. The van der Waals surface area contributed by atoms with Gasteiger partial charge in [0.05, 0.1) is 18.2 Å². The summed E-state index contributed by atoms with van der Waals surface area (Å²) in [5, 5.41) is 15.6. The number of halogens is 1. The number of hydrogen-bond acceptors (Lipinski definition) is 5. The van der Waals surface area contributed by atoms with Crippen molar-refractivity contribution in [1.82, 2.24) is 10.3 Å². The smallest absolute Gasteiger partial charge is 0.318 e. The first kappa shape index (κ1) is 27.5. The van der Waals surface area contributed by atoms with Crippen molar-refractivity contribution in [3.8, 4) is 11.1 Å². The molecule has 2 amide bonds. The molecule has 2 aliphatic rings. The van der Waals surface area contributed by atoms with E-state index in [1.54, 1.807) is 19.2 Å². The Labute approximate surface area is 233 Å². The van der Waals surface area contributed by atoms with Gasteiger partial charge < -0.3 is 20.5 Å². The summed E-state index contributed by atoms with van der Waals surface area (Å²) in [4.78, 5) is 29.1. The SMILES string of the molecule is CNC(=O)Nc1ccc2c(c1)Cc1c(nc(C(C)C)c(C=C[C@@H]3C[C@@H](O)CC(=O)O3)c1-c1ccc(F)cc1)CC2. The van der Waals surface area contributed by atoms with Crippen LogP contribution in [0.25, 0.3) is 17.2 Å². The van der Waals surface area contributed by atoms with Crippen LogP contribution in [0.15, 0.2) is 48.5 Å². The predicted octanol–water partition coefficient (Wildman–Crippen LogP) is 5.53.